The maximum atomic E-state index is 10.4. The maximum Gasteiger partial charge on any atom is 0.321 e. The summed E-state index contributed by atoms with van der Waals surface area (Å²) in [7, 11) is 0. The van der Waals surface area contributed by atoms with Crippen molar-refractivity contribution in [2.24, 2.45) is 11.5 Å². The van der Waals surface area contributed by atoms with E-state index in [1.54, 1.807) is 6.92 Å². The average molecular weight is 295 g/mol. The van der Waals surface area contributed by atoms with E-state index in [-0.39, 0.29) is 35.8 Å². The highest BCUT2D eigenvalue weighted by Gasteiger charge is 2.22. The van der Waals surface area contributed by atoms with E-state index in [1.807, 2.05) is 0 Å². The fourth-order valence-corrected chi connectivity index (χ4v) is 1.61. The summed E-state index contributed by atoms with van der Waals surface area (Å²) in [5.41, 5.74) is 10.5. The standard InChI is InChI=1S/C7H14N2O4S.2ClH/c1-3(5(9)7(12)13)14-2-4(8)6(10)11;;/h3-5H,2,8-9H2,1H3,(H,10,11)(H,12,13);2*1H/t3-,4-,5+;;/m0../s1. The summed E-state index contributed by atoms with van der Waals surface area (Å²) < 4.78 is 0. The van der Waals surface area contributed by atoms with Crippen LogP contribution < -0.4 is 11.5 Å². The number of thioether (sulfide) groups is 1. The van der Waals surface area contributed by atoms with Crippen molar-refractivity contribution in [1.29, 1.82) is 0 Å². The van der Waals surface area contributed by atoms with Crippen molar-refractivity contribution in [3.05, 3.63) is 0 Å². The predicted octanol–water partition coefficient (Wildman–Crippen LogP) is -0.224. The number of carboxylic acids is 2. The summed E-state index contributed by atoms with van der Waals surface area (Å²) in [6, 6.07) is -1.98. The zero-order valence-corrected chi connectivity index (χ0v) is 11.0. The molecule has 0 unspecified atom stereocenters. The molecule has 98 valence electrons. The third-order valence-corrected chi connectivity index (χ3v) is 3.02. The number of rotatable bonds is 6. The summed E-state index contributed by atoms with van der Waals surface area (Å²) in [4.78, 5) is 20.8. The van der Waals surface area contributed by atoms with Crippen molar-refractivity contribution in [3.8, 4) is 0 Å². The van der Waals surface area contributed by atoms with Gasteiger partial charge in [0.05, 0.1) is 0 Å². The average Bonchev–Trinajstić information content (AvgIpc) is 2.11. The molecule has 0 saturated heterocycles. The lowest BCUT2D eigenvalue weighted by Crippen LogP contribution is -2.40. The molecule has 0 aliphatic carbocycles. The van der Waals surface area contributed by atoms with Crippen molar-refractivity contribution in [2.75, 3.05) is 5.75 Å². The highest BCUT2D eigenvalue weighted by Crippen LogP contribution is 2.14. The third-order valence-electron chi connectivity index (χ3n) is 1.65. The summed E-state index contributed by atoms with van der Waals surface area (Å²) in [5.74, 6) is -2.06. The Morgan fingerprint density at radius 2 is 1.62 bits per heavy atom. The van der Waals surface area contributed by atoms with E-state index in [4.69, 9.17) is 21.7 Å². The summed E-state index contributed by atoms with van der Waals surface area (Å²) in [6.45, 7) is 1.62. The van der Waals surface area contributed by atoms with Crippen LogP contribution in [0, 0.1) is 0 Å². The van der Waals surface area contributed by atoms with Crippen LogP contribution >= 0.6 is 36.6 Å². The molecule has 0 aromatic rings. The van der Waals surface area contributed by atoms with Crippen molar-refractivity contribution in [1.82, 2.24) is 0 Å². The maximum absolute atomic E-state index is 10.4. The SMILES string of the molecule is C[C@H](SC[C@H](N)C(=O)O)[C@@H](N)C(=O)O.Cl.Cl. The van der Waals surface area contributed by atoms with E-state index in [0.717, 1.165) is 11.8 Å². The van der Waals surface area contributed by atoms with Crippen LogP contribution in [0.3, 0.4) is 0 Å². The lowest BCUT2D eigenvalue weighted by molar-refractivity contribution is -0.139. The number of hydrogen-bond donors (Lipinski definition) is 4. The van der Waals surface area contributed by atoms with Crippen molar-refractivity contribution >= 4 is 48.5 Å². The molecule has 0 aliphatic heterocycles. The fraction of sp³-hybridized carbons (Fsp3) is 0.714. The molecular weight excluding hydrogens is 279 g/mol. The van der Waals surface area contributed by atoms with Gasteiger partial charge in [0.2, 0.25) is 0 Å². The van der Waals surface area contributed by atoms with Crippen LogP contribution in [0.5, 0.6) is 0 Å². The second-order valence-electron chi connectivity index (χ2n) is 2.85. The normalized spacial score (nSPS) is 14.9. The first kappa shape index (κ1) is 21.1. The summed E-state index contributed by atoms with van der Waals surface area (Å²) >= 11 is 1.14. The minimum absolute atomic E-state index is 0. The first-order chi connectivity index (χ1) is 6.36. The Morgan fingerprint density at radius 3 is 1.94 bits per heavy atom. The number of halogens is 2. The zero-order chi connectivity index (χ0) is 11.3. The van der Waals surface area contributed by atoms with Gasteiger partial charge in [-0.15, -0.1) is 24.8 Å². The third kappa shape index (κ3) is 8.00. The molecule has 0 heterocycles. The van der Waals surface area contributed by atoms with E-state index >= 15 is 0 Å². The quantitative estimate of drug-likeness (QED) is 0.533. The smallest absolute Gasteiger partial charge is 0.321 e. The lowest BCUT2D eigenvalue weighted by Gasteiger charge is -2.16. The van der Waals surface area contributed by atoms with Gasteiger partial charge in [0.15, 0.2) is 0 Å². The monoisotopic (exact) mass is 294 g/mol. The van der Waals surface area contributed by atoms with Crippen molar-refractivity contribution in [3.63, 3.8) is 0 Å². The van der Waals surface area contributed by atoms with E-state index in [1.165, 1.54) is 0 Å². The Kier molecular flexibility index (Phi) is 13.2. The molecule has 0 aromatic carbocycles. The molecular formula is C7H16Cl2N2O4S. The Labute approximate surface area is 110 Å². The van der Waals surface area contributed by atoms with Crippen LogP contribution in [0.4, 0.5) is 0 Å². The van der Waals surface area contributed by atoms with E-state index in [0.29, 0.717) is 0 Å². The van der Waals surface area contributed by atoms with Crippen LogP contribution in [-0.2, 0) is 9.59 Å². The number of carboxylic acid groups (broad SMARTS) is 2. The first-order valence-electron chi connectivity index (χ1n) is 3.94. The zero-order valence-electron chi connectivity index (χ0n) is 8.53. The highest BCUT2D eigenvalue weighted by molar-refractivity contribution is 8.00. The van der Waals surface area contributed by atoms with Gasteiger partial charge in [-0.3, -0.25) is 9.59 Å². The Morgan fingerprint density at radius 1 is 1.19 bits per heavy atom. The molecule has 0 amide bonds. The van der Waals surface area contributed by atoms with Gasteiger partial charge in [0.25, 0.3) is 0 Å². The van der Waals surface area contributed by atoms with Crippen LogP contribution in [-0.4, -0.2) is 45.2 Å². The largest absolute Gasteiger partial charge is 0.480 e. The van der Waals surface area contributed by atoms with Gasteiger partial charge in [0, 0.05) is 11.0 Å². The molecule has 6 nitrogen and oxygen atoms in total. The Hall–Kier alpha value is -0.210. The van der Waals surface area contributed by atoms with E-state index in [9.17, 15) is 9.59 Å². The minimum atomic E-state index is -1.10. The van der Waals surface area contributed by atoms with Crippen molar-refractivity contribution < 1.29 is 19.8 Å². The lowest BCUT2D eigenvalue weighted by atomic mass is 10.2. The Balaban J connectivity index is -0.000000845. The van der Waals surface area contributed by atoms with Crippen LogP contribution in [0.25, 0.3) is 0 Å². The van der Waals surface area contributed by atoms with Gasteiger partial charge in [0.1, 0.15) is 12.1 Å². The molecule has 9 heteroatoms. The minimum Gasteiger partial charge on any atom is -0.480 e. The molecule has 0 aromatic heterocycles. The first-order valence-corrected chi connectivity index (χ1v) is 4.99. The second-order valence-corrected chi connectivity index (χ2v) is 4.26. The highest BCUT2D eigenvalue weighted by atomic mass is 35.5. The molecule has 0 fully saturated rings. The second kappa shape index (κ2) is 9.98. The number of aliphatic carboxylic acids is 2. The summed E-state index contributed by atoms with van der Waals surface area (Å²) in [6.07, 6.45) is 0. The van der Waals surface area contributed by atoms with Gasteiger partial charge in [-0.1, -0.05) is 6.92 Å². The molecule has 16 heavy (non-hydrogen) atoms. The van der Waals surface area contributed by atoms with Gasteiger partial charge in [-0.2, -0.15) is 11.8 Å². The van der Waals surface area contributed by atoms with E-state index in [2.05, 4.69) is 0 Å². The fourth-order valence-electron chi connectivity index (χ4n) is 0.631. The Bertz CT molecular complexity index is 232. The van der Waals surface area contributed by atoms with E-state index < -0.39 is 24.0 Å². The van der Waals surface area contributed by atoms with Crippen molar-refractivity contribution in [2.45, 2.75) is 24.3 Å². The van der Waals surface area contributed by atoms with Gasteiger partial charge >= 0.3 is 11.9 Å². The molecule has 0 bridgehead atoms. The molecule has 6 N–H and O–H groups in total. The molecule has 0 spiro atoms. The van der Waals surface area contributed by atoms with Gasteiger partial charge < -0.3 is 21.7 Å². The molecule has 3 atom stereocenters. The van der Waals surface area contributed by atoms with Crippen LogP contribution in [0.2, 0.25) is 0 Å². The predicted molar refractivity (Wildman–Crippen MR) is 67.6 cm³/mol. The molecule has 0 rings (SSSR count). The number of hydrogen-bond acceptors (Lipinski definition) is 5. The van der Waals surface area contributed by atoms with Crippen LogP contribution in [0.1, 0.15) is 6.92 Å². The molecule has 0 aliphatic rings. The number of carbonyl (C=O) groups is 2. The molecule has 0 radical (unpaired) electrons. The topological polar surface area (TPSA) is 127 Å². The van der Waals surface area contributed by atoms with Gasteiger partial charge in [-0.05, 0) is 0 Å². The number of nitrogens with two attached hydrogens (primary N) is 2. The summed E-state index contributed by atoms with van der Waals surface area (Å²) in [5, 5.41) is 16.6. The molecule has 0 saturated carbocycles. The van der Waals surface area contributed by atoms with Crippen LogP contribution in [0.15, 0.2) is 0 Å². The van der Waals surface area contributed by atoms with Gasteiger partial charge in [-0.25, -0.2) is 0 Å².